The van der Waals surface area contributed by atoms with Gasteiger partial charge in [0.25, 0.3) is 0 Å². The number of nitriles is 1. The molecule has 0 heterocycles. The van der Waals surface area contributed by atoms with Gasteiger partial charge in [0.2, 0.25) is 0 Å². The average Bonchev–Trinajstić information content (AvgIpc) is 2.74. The van der Waals surface area contributed by atoms with E-state index in [-0.39, 0.29) is 6.04 Å². The zero-order valence-corrected chi connectivity index (χ0v) is 6.43. The minimum Gasteiger partial charge on any atom is -0.302 e. The first kappa shape index (κ1) is 7.56. The third-order valence-electron chi connectivity index (χ3n) is 1.91. The molecule has 1 aliphatic carbocycles. The summed E-state index contributed by atoms with van der Waals surface area (Å²) in [6, 6.07) is 2.31. The Bertz CT molecular complexity index is 133. The molecule has 0 amide bonds. The standard InChI is InChI=1S/C8H14N2/c1-2-8(5-9)10-6-7-3-4-7/h7-8,10H,2-4,6H2,1H3. The Kier molecular flexibility index (Phi) is 2.70. The molecule has 2 heteroatoms. The second-order valence-corrected chi connectivity index (χ2v) is 2.94. The fourth-order valence-corrected chi connectivity index (χ4v) is 0.912. The quantitative estimate of drug-likeness (QED) is 0.635. The zero-order chi connectivity index (χ0) is 7.40. The van der Waals surface area contributed by atoms with Crippen LogP contribution in [-0.2, 0) is 0 Å². The van der Waals surface area contributed by atoms with Crippen LogP contribution in [0.3, 0.4) is 0 Å². The molecule has 0 radical (unpaired) electrons. The highest BCUT2D eigenvalue weighted by atomic mass is 14.9. The third kappa shape index (κ3) is 2.36. The van der Waals surface area contributed by atoms with Crippen molar-refractivity contribution >= 4 is 0 Å². The fourth-order valence-electron chi connectivity index (χ4n) is 0.912. The molecule has 0 aromatic carbocycles. The van der Waals surface area contributed by atoms with Gasteiger partial charge in [0.1, 0.15) is 0 Å². The SMILES string of the molecule is CCC(C#N)NCC1CC1. The Balaban J connectivity index is 2.04. The Hall–Kier alpha value is -0.550. The minimum absolute atomic E-state index is 0.0839. The van der Waals surface area contributed by atoms with Gasteiger partial charge >= 0.3 is 0 Å². The van der Waals surface area contributed by atoms with Crippen LogP contribution in [0.5, 0.6) is 0 Å². The summed E-state index contributed by atoms with van der Waals surface area (Å²) in [5.74, 6) is 0.877. The van der Waals surface area contributed by atoms with E-state index in [1.807, 2.05) is 6.92 Å². The van der Waals surface area contributed by atoms with E-state index in [4.69, 9.17) is 5.26 Å². The predicted molar refractivity (Wildman–Crippen MR) is 40.4 cm³/mol. The Morgan fingerprint density at radius 3 is 2.80 bits per heavy atom. The molecule has 1 fully saturated rings. The first-order valence-electron chi connectivity index (χ1n) is 3.99. The molecule has 56 valence electrons. The lowest BCUT2D eigenvalue weighted by Crippen LogP contribution is -2.28. The van der Waals surface area contributed by atoms with E-state index in [1.54, 1.807) is 0 Å². The van der Waals surface area contributed by atoms with E-state index < -0.39 is 0 Å². The molecule has 10 heavy (non-hydrogen) atoms. The summed E-state index contributed by atoms with van der Waals surface area (Å²) in [4.78, 5) is 0. The Morgan fingerprint density at radius 1 is 1.70 bits per heavy atom. The van der Waals surface area contributed by atoms with Gasteiger partial charge in [0, 0.05) is 0 Å². The van der Waals surface area contributed by atoms with E-state index in [0.717, 1.165) is 18.9 Å². The molecule has 0 aromatic heterocycles. The monoisotopic (exact) mass is 138 g/mol. The highest BCUT2D eigenvalue weighted by Gasteiger charge is 2.21. The number of nitrogens with zero attached hydrogens (tertiary/aromatic N) is 1. The Labute approximate surface area is 62.2 Å². The van der Waals surface area contributed by atoms with Crippen molar-refractivity contribution in [3.05, 3.63) is 0 Å². The molecule has 0 saturated heterocycles. The van der Waals surface area contributed by atoms with Crippen molar-refractivity contribution < 1.29 is 0 Å². The van der Waals surface area contributed by atoms with E-state index in [0.29, 0.717) is 0 Å². The summed E-state index contributed by atoms with van der Waals surface area (Å²) in [6.07, 6.45) is 3.63. The van der Waals surface area contributed by atoms with Gasteiger partial charge in [-0.25, -0.2) is 0 Å². The van der Waals surface area contributed by atoms with Crippen molar-refractivity contribution in [3.8, 4) is 6.07 Å². The van der Waals surface area contributed by atoms with Crippen molar-refractivity contribution in [3.63, 3.8) is 0 Å². The van der Waals surface area contributed by atoms with Crippen LogP contribution in [-0.4, -0.2) is 12.6 Å². The molecule has 1 rings (SSSR count). The molecule has 1 saturated carbocycles. The lowest BCUT2D eigenvalue weighted by atomic mass is 10.2. The zero-order valence-electron chi connectivity index (χ0n) is 6.43. The van der Waals surface area contributed by atoms with Crippen molar-refractivity contribution in [2.75, 3.05) is 6.54 Å². The summed E-state index contributed by atoms with van der Waals surface area (Å²) in [5.41, 5.74) is 0. The number of rotatable bonds is 4. The molecular weight excluding hydrogens is 124 g/mol. The molecule has 1 unspecified atom stereocenters. The van der Waals surface area contributed by atoms with Gasteiger partial charge in [0.05, 0.1) is 12.1 Å². The smallest absolute Gasteiger partial charge is 0.0950 e. The summed E-state index contributed by atoms with van der Waals surface area (Å²) < 4.78 is 0. The number of nitrogens with one attached hydrogen (secondary N) is 1. The van der Waals surface area contributed by atoms with Crippen molar-refractivity contribution in [2.24, 2.45) is 5.92 Å². The molecule has 2 nitrogen and oxygen atoms in total. The first-order chi connectivity index (χ1) is 4.86. The maximum Gasteiger partial charge on any atom is 0.0950 e. The van der Waals surface area contributed by atoms with Crippen LogP contribution in [0.25, 0.3) is 0 Å². The van der Waals surface area contributed by atoms with E-state index >= 15 is 0 Å². The van der Waals surface area contributed by atoms with Crippen molar-refractivity contribution in [1.82, 2.24) is 5.32 Å². The molecule has 1 aliphatic rings. The average molecular weight is 138 g/mol. The van der Waals surface area contributed by atoms with Crippen LogP contribution in [0, 0.1) is 17.2 Å². The fraction of sp³-hybridized carbons (Fsp3) is 0.875. The maximum atomic E-state index is 8.55. The molecule has 0 bridgehead atoms. The first-order valence-corrected chi connectivity index (χ1v) is 3.99. The van der Waals surface area contributed by atoms with E-state index in [2.05, 4.69) is 11.4 Å². The van der Waals surface area contributed by atoms with Gasteiger partial charge < -0.3 is 5.32 Å². The van der Waals surface area contributed by atoms with Crippen LogP contribution in [0.1, 0.15) is 26.2 Å². The van der Waals surface area contributed by atoms with Crippen LogP contribution in [0.2, 0.25) is 0 Å². The van der Waals surface area contributed by atoms with Crippen molar-refractivity contribution in [2.45, 2.75) is 32.2 Å². The summed E-state index contributed by atoms with van der Waals surface area (Å²) >= 11 is 0. The van der Waals surface area contributed by atoms with Crippen molar-refractivity contribution in [1.29, 1.82) is 5.26 Å². The van der Waals surface area contributed by atoms with Gasteiger partial charge in [-0.2, -0.15) is 5.26 Å². The van der Waals surface area contributed by atoms with Gasteiger partial charge in [-0.3, -0.25) is 0 Å². The summed E-state index contributed by atoms with van der Waals surface area (Å²) in [6.45, 7) is 3.08. The number of hydrogen-bond acceptors (Lipinski definition) is 2. The normalized spacial score (nSPS) is 20.0. The van der Waals surface area contributed by atoms with Gasteiger partial charge in [-0.15, -0.1) is 0 Å². The molecular formula is C8H14N2. The molecule has 0 aliphatic heterocycles. The molecule has 0 aromatic rings. The predicted octanol–water partition coefficient (Wildman–Crippen LogP) is 1.29. The highest BCUT2D eigenvalue weighted by Crippen LogP contribution is 2.27. The second kappa shape index (κ2) is 3.58. The minimum atomic E-state index is 0.0839. The van der Waals surface area contributed by atoms with Gasteiger partial charge in [0.15, 0.2) is 0 Å². The van der Waals surface area contributed by atoms with Gasteiger partial charge in [-0.05, 0) is 31.7 Å². The van der Waals surface area contributed by atoms with E-state index in [9.17, 15) is 0 Å². The number of hydrogen-bond donors (Lipinski definition) is 1. The van der Waals surface area contributed by atoms with E-state index in [1.165, 1.54) is 12.8 Å². The lowest BCUT2D eigenvalue weighted by Gasteiger charge is -2.06. The summed E-state index contributed by atoms with van der Waals surface area (Å²) in [7, 11) is 0. The van der Waals surface area contributed by atoms with Gasteiger partial charge in [-0.1, -0.05) is 6.92 Å². The topological polar surface area (TPSA) is 35.8 Å². The third-order valence-corrected chi connectivity index (χ3v) is 1.91. The molecule has 1 atom stereocenters. The van der Waals surface area contributed by atoms with Crippen LogP contribution < -0.4 is 5.32 Å². The summed E-state index contributed by atoms with van der Waals surface area (Å²) in [5, 5.41) is 11.8. The van der Waals surface area contributed by atoms with Crippen LogP contribution in [0.15, 0.2) is 0 Å². The lowest BCUT2D eigenvalue weighted by molar-refractivity contribution is 0.561. The highest BCUT2D eigenvalue weighted by molar-refractivity contribution is 4.90. The Morgan fingerprint density at radius 2 is 2.40 bits per heavy atom. The van der Waals surface area contributed by atoms with Crippen LogP contribution in [0.4, 0.5) is 0 Å². The van der Waals surface area contributed by atoms with Crippen LogP contribution >= 0.6 is 0 Å². The maximum absolute atomic E-state index is 8.55. The largest absolute Gasteiger partial charge is 0.302 e. The molecule has 0 spiro atoms. The second-order valence-electron chi connectivity index (χ2n) is 2.94. The molecule has 1 N–H and O–H groups in total.